The molecule has 4 rings (SSSR count). The highest BCUT2D eigenvalue weighted by Gasteiger charge is 2.24. The molecular weight excluding hydrogens is 408 g/mol. The lowest BCUT2D eigenvalue weighted by Gasteiger charge is -2.36. The zero-order chi connectivity index (χ0) is 22.5. The van der Waals surface area contributed by atoms with E-state index in [-0.39, 0.29) is 6.03 Å². The van der Waals surface area contributed by atoms with Gasteiger partial charge in [-0.1, -0.05) is 0 Å². The summed E-state index contributed by atoms with van der Waals surface area (Å²) in [5, 5.41) is 2.95. The summed E-state index contributed by atoms with van der Waals surface area (Å²) in [5.41, 5.74) is 1.65. The first-order chi connectivity index (χ1) is 15.6. The van der Waals surface area contributed by atoms with Gasteiger partial charge in [-0.05, 0) is 38.3 Å². The highest BCUT2D eigenvalue weighted by Crippen LogP contribution is 2.30. The molecule has 0 saturated carbocycles. The number of nitrogens with one attached hydrogen (secondary N) is 1. The molecular formula is C23H32N6O3. The lowest BCUT2D eigenvalue weighted by atomic mass is 10.1. The number of anilines is 3. The fourth-order valence-electron chi connectivity index (χ4n) is 4.19. The molecule has 32 heavy (non-hydrogen) atoms. The lowest BCUT2D eigenvalue weighted by molar-refractivity contribution is 0.208. The monoisotopic (exact) mass is 440 g/mol. The standard InChI is InChI=1S/C23H32N6O3/c1-17-15-21(26-22(24-17)28-9-5-4-6-10-28)27-11-13-29(14-12-27)23(30)25-18-7-8-19(31-2)20(16-18)32-3/h7-8,15-16H,4-6,9-14H2,1-3H3,(H,25,30). The van der Waals surface area contributed by atoms with Gasteiger partial charge in [-0.15, -0.1) is 0 Å². The van der Waals surface area contributed by atoms with E-state index in [1.165, 1.54) is 19.3 Å². The quantitative estimate of drug-likeness (QED) is 0.765. The van der Waals surface area contributed by atoms with Gasteiger partial charge in [0.15, 0.2) is 11.5 Å². The van der Waals surface area contributed by atoms with Gasteiger partial charge >= 0.3 is 6.03 Å². The maximum Gasteiger partial charge on any atom is 0.321 e. The average molecular weight is 441 g/mol. The van der Waals surface area contributed by atoms with Crippen LogP contribution in [0.3, 0.4) is 0 Å². The number of urea groups is 1. The minimum absolute atomic E-state index is 0.121. The minimum atomic E-state index is -0.121. The molecule has 9 nitrogen and oxygen atoms in total. The van der Waals surface area contributed by atoms with Gasteiger partial charge in [0.25, 0.3) is 0 Å². The number of ether oxygens (including phenoxy) is 2. The number of aromatic nitrogens is 2. The van der Waals surface area contributed by atoms with Gasteiger partial charge in [0.2, 0.25) is 5.95 Å². The second-order valence-electron chi connectivity index (χ2n) is 8.19. The fraction of sp³-hybridized carbons (Fsp3) is 0.522. The van der Waals surface area contributed by atoms with Crippen molar-refractivity contribution in [3.63, 3.8) is 0 Å². The number of amides is 2. The number of carbonyl (C=O) groups excluding carboxylic acids is 1. The first-order valence-corrected chi connectivity index (χ1v) is 11.2. The number of nitrogens with zero attached hydrogens (tertiary/aromatic N) is 5. The SMILES string of the molecule is COc1ccc(NC(=O)N2CCN(c3cc(C)nc(N4CCCCC4)n3)CC2)cc1OC. The number of benzene rings is 1. The number of piperazine rings is 1. The van der Waals surface area contributed by atoms with Gasteiger partial charge < -0.3 is 29.5 Å². The molecule has 0 aliphatic carbocycles. The summed E-state index contributed by atoms with van der Waals surface area (Å²) < 4.78 is 10.6. The summed E-state index contributed by atoms with van der Waals surface area (Å²) in [6.07, 6.45) is 3.67. The van der Waals surface area contributed by atoms with E-state index >= 15 is 0 Å². The van der Waals surface area contributed by atoms with Crippen molar-refractivity contribution in [3.8, 4) is 11.5 Å². The topological polar surface area (TPSA) is 83.1 Å². The summed E-state index contributed by atoms with van der Waals surface area (Å²) >= 11 is 0. The molecule has 1 aromatic carbocycles. The molecule has 2 fully saturated rings. The summed E-state index contributed by atoms with van der Waals surface area (Å²) in [6, 6.07) is 7.26. The summed E-state index contributed by atoms with van der Waals surface area (Å²) in [6.45, 7) is 6.78. The number of piperidine rings is 1. The van der Waals surface area contributed by atoms with Crippen molar-refractivity contribution in [2.45, 2.75) is 26.2 Å². The third kappa shape index (κ3) is 4.98. The average Bonchev–Trinajstić information content (AvgIpc) is 2.84. The van der Waals surface area contributed by atoms with Crippen molar-refractivity contribution in [2.75, 3.05) is 68.6 Å². The normalized spacial score (nSPS) is 16.7. The highest BCUT2D eigenvalue weighted by molar-refractivity contribution is 5.90. The Morgan fingerprint density at radius 1 is 0.875 bits per heavy atom. The van der Waals surface area contributed by atoms with Crippen LogP contribution in [0.15, 0.2) is 24.3 Å². The Labute approximate surface area is 189 Å². The van der Waals surface area contributed by atoms with Crippen LogP contribution in [0.1, 0.15) is 25.0 Å². The van der Waals surface area contributed by atoms with Gasteiger partial charge in [0, 0.05) is 62.8 Å². The second-order valence-corrected chi connectivity index (χ2v) is 8.19. The van der Waals surface area contributed by atoms with Gasteiger partial charge in [-0.2, -0.15) is 4.98 Å². The van der Waals surface area contributed by atoms with Crippen molar-refractivity contribution in [1.82, 2.24) is 14.9 Å². The number of methoxy groups -OCH3 is 2. The molecule has 3 heterocycles. The Morgan fingerprint density at radius 3 is 2.28 bits per heavy atom. The molecule has 1 N–H and O–H groups in total. The zero-order valence-electron chi connectivity index (χ0n) is 19.1. The molecule has 2 amide bonds. The van der Waals surface area contributed by atoms with Crippen LogP contribution in [0.2, 0.25) is 0 Å². The van der Waals surface area contributed by atoms with E-state index in [0.29, 0.717) is 30.3 Å². The summed E-state index contributed by atoms with van der Waals surface area (Å²) in [7, 11) is 3.17. The van der Waals surface area contributed by atoms with E-state index in [9.17, 15) is 4.79 Å². The summed E-state index contributed by atoms with van der Waals surface area (Å²) in [4.78, 5) is 28.6. The summed E-state index contributed by atoms with van der Waals surface area (Å²) in [5.74, 6) is 2.98. The minimum Gasteiger partial charge on any atom is -0.493 e. The van der Waals surface area contributed by atoms with Crippen LogP contribution >= 0.6 is 0 Å². The first-order valence-electron chi connectivity index (χ1n) is 11.2. The third-order valence-electron chi connectivity index (χ3n) is 5.99. The molecule has 0 bridgehead atoms. The van der Waals surface area contributed by atoms with E-state index < -0.39 is 0 Å². The number of aryl methyl sites for hydroxylation is 1. The van der Waals surface area contributed by atoms with Crippen LogP contribution in [0.5, 0.6) is 11.5 Å². The molecule has 0 spiro atoms. The van der Waals surface area contributed by atoms with E-state index in [1.54, 1.807) is 32.4 Å². The molecule has 172 valence electrons. The molecule has 2 aliphatic rings. The smallest absolute Gasteiger partial charge is 0.321 e. The third-order valence-corrected chi connectivity index (χ3v) is 5.99. The Hall–Kier alpha value is -3.23. The predicted molar refractivity (Wildman–Crippen MR) is 125 cm³/mol. The maximum atomic E-state index is 12.8. The first kappa shape index (κ1) is 22.0. The predicted octanol–water partition coefficient (Wildman–Crippen LogP) is 3.15. The van der Waals surface area contributed by atoms with Crippen LogP contribution in [0.4, 0.5) is 22.2 Å². The Kier molecular flexibility index (Phi) is 6.82. The Balaban J connectivity index is 1.37. The van der Waals surface area contributed by atoms with Crippen molar-refractivity contribution in [2.24, 2.45) is 0 Å². The molecule has 0 radical (unpaired) electrons. The van der Waals surface area contributed by atoms with Gasteiger partial charge in [0.1, 0.15) is 5.82 Å². The van der Waals surface area contributed by atoms with E-state index in [0.717, 1.165) is 43.6 Å². The molecule has 2 saturated heterocycles. The number of hydrogen-bond donors (Lipinski definition) is 1. The van der Waals surface area contributed by atoms with Gasteiger partial charge in [-0.25, -0.2) is 9.78 Å². The molecule has 9 heteroatoms. The maximum absolute atomic E-state index is 12.8. The van der Waals surface area contributed by atoms with Crippen LogP contribution < -0.4 is 24.6 Å². The largest absolute Gasteiger partial charge is 0.493 e. The van der Waals surface area contributed by atoms with Crippen molar-refractivity contribution < 1.29 is 14.3 Å². The van der Waals surface area contributed by atoms with Crippen LogP contribution in [0, 0.1) is 6.92 Å². The van der Waals surface area contributed by atoms with Crippen molar-refractivity contribution in [3.05, 3.63) is 30.0 Å². The second kappa shape index (κ2) is 9.93. The molecule has 1 aromatic heterocycles. The lowest BCUT2D eigenvalue weighted by Crippen LogP contribution is -2.50. The number of carbonyl (C=O) groups is 1. The Morgan fingerprint density at radius 2 is 1.59 bits per heavy atom. The van der Waals surface area contributed by atoms with E-state index in [4.69, 9.17) is 14.5 Å². The Bertz CT molecular complexity index is 939. The molecule has 2 aromatic rings. The number of rotatable bonds is 5. The van der Waals surface area contributed by atoms with Crippen molar-refractivity contribution in [1.29, 1.82) is 0 Å². The van der Waals surface area contributed by atoms with Crippen molar-refractivity contribution >= 4 is 23.5 Å². The van der Waals surface area contributed by atoms with E-state index in [2.05, 4.69) is 20.1 Å². The van der Waals surface area contributed by atoms with Crippen LogP contribution in [-0.4, -0.2) is 74.4 Å². The van der Waals surface area contributed by atoms with Crippen LogP contribution in [0.25, 0.3) is 0 Å². The number of hydrogen-bond acceptors (Lipinski definition) is 7. The highest BCUT2D eigenvalue weighted by atomic mass is 16.5. The van der Waals surface area contributed by atoms with Gasteiger partial charge in [-0.3, -0.25) is 0 Å². The van der Waals surface area contributed by atoms with Gasteiger partial charge in [0.05, 0.1) is 14.2 Å². The van der Waals surface area contributed by atoms with Crippen LogP contribution in [-0.2, 0) is 0 Å². The fourth-order valence-corrected chi connectivity index (χ4v) is 4.19. The molecule has 0 unspecified atom stereocenters. The zero-order valence-corrected chi connectivity index (χ0v) is 19.1. The van der Waals surface area contributed by atoms with E-state index in [1.807, 2.05) is 17.9 Å². The molecule has 2 aliphatic heterocycles. The molecule has 0 atom stereocenters.